The number of anilines is 1. The molecule has 2 aromatic rings. The average molecular weight is 233 g/mol. The van der Waals surface area contributed by atoms with Crippen molar-refractivity contribution in [2.24, 2.45) is 0 Å². The molecule has 0 atom stereocenters. The number of carbonyl (C=O) groups excluding carboxylic acids is 1. The van der Waals surface area contributed by atoms with Crippen LogP contribution in [0.4, 0.5) is 5.95 Å². The fourth-order valence-corrected chi connectivity index (χ4v) is 1.98. The normalized spacial score (nSPS) is 10.1. The zero-order chi connectivity index (χ0) is 11.4. The summed E-state index contributed by atoms with van der Waals surface area (Å²) in [4.78, 5) is 20.6. The van der Waals surface area contributed by atoms with Crippen molar-refractivity contribution in [1.82, 2.24) is 9.97 Å². The van der Waals surface area contributed by atoms with Crippen LogP contribution in [0.15, 0.2) is 29.2 Å². The van der Waals surface area contributed by atoms with Crippen LogP contribution in [0.1, 0.15) is 15.9 Å². The third-order valence-corrected chi connectivity index (χ3v) is 2.87. The number of nitrogens with zero attached hydrogens (tertiary/aromatic N) is 3. The summed E-state index contributed by atoms with van der Waals surface area (Å²) in [7, 11) is 1.92. The Labute approximate surface area is 97.6 Å². The van der Waals surface area contributed by atoms with E-state index >= 15 is 0 Å². The number of carbonyl (C=O) groups is 1. The van der Waals surface area contributed by atoms with Crippen LogP contribution >= 0.6 is 11.3 Å². The summed E-state index contributed by atoms with van der Waals surface area (Å²) < 4.78 is 0. The van der Waals surface area contributed by atoms with Crippen LogP contribution in [0, 0.1) is 0 Å². The van der Waals surface area contributed by atoms with Gasteiger partial charge in [-0.1, -0.05) is 0 Å². The number of aldehydes is 1. The Kier molecular flexibility index (Phi) is 3.26. The molecule has 16 heavy (non-hydrogen) atoms. The maximum Gasteiger partial charge on any atom is 0.225 e. The van der Waals surface area contributed by atoms with Crippen molar-refractivity contribution in [2.75, 3.05) is 11.9 Å². The Morgan fingerprint density at radius 1 is 1.44 bits per heavy atom. The lowest BCUT2D eigenvalue weighted by Crippen LogP contribution is -2.18. The van der Waals surface area contributed by atoms with Gasteiger partial charge >= 0.3 is 0 Å². The van der Waals surface area contributed by atoms with E-state index in [0.717, 1.165) is 12.8 Å². The van der Waals surface area contributed by atoms with Gasteiger partial charge in [0.15, 0.2) is 6.29 Å². The van der Waals surface area contributed by atoms with Gasteiger partial charge < -0.3 is 4.90 Å². The van der Waals surface area contributed by atoms with E-state index in [2.05, 4.69) is 21.4 Å². The maximum atomic E-state index is 10.5. The number of thiophene rings is 1. The first kappa shape index (κ1) is 10.8. The average Bonchev–Trinajstić information content (AvgIpc) is 2.82. The molecule has 0 radical (unpaired) electrons. The molecule has 0 N–H and O–H groups in total. The van der Waals surface area contributed by atoms with E-state index in [0.29, 0.717) is 11.5 Å². The molecule has 0 aliphatic heterocycles. The number of rotatable bonds is 4. The Hall–Kier alpha value is -1.75. The van der Waals surface area contributed by atoms with E-state index in [1.54, 1.807) is 11.3 Å². The van der Waals surface area contributed by atoms with Gasteiger partial charge in [-0.25, -0.2) is 9.97 Å². The molecule has 2 aromatic heterocycles. The molecule has 0 bridgehead atoms. The molecule has 0 aliphatic rings. The van der Waals surface area contributed by atoms with Crippen LogP contribution in [0.5, 0.6) is 0 Å². The summed E-state index contributed by atoms with van der Waals surface area (Å²) in [5.74, 6) is 0.622. The van der Waals surface area contributed by atoms with Crippen LogP contribution in [-0.4, -0.2) is 23.3 Å². The lowest BCUT2D eigenvalue weighted by atomic mass is 10.3. The minimum atomic E-state index is 0.493. The summed E-state index contributed by atoms with van der Waals surface area (Å²) in [6.45, 7) is 0.768. The zero-order valence-corrected chi connectivity index (χ0v) is 9.65. The Balaban J connectivity index is 2.08. The van der Waals surface area contributed by atoms with Gasteiger partial charge in [-0.05, 0) is 22.4 Å². The molecular weight excluding hydrogens is 222 g/mol. The quantitative estimate of drug-likeness (QED) is 0.758. The summed E-state index contributed by atoms with van der Waals surface area (Å²) in [5.41, 5.74) is 1.73. The molecule has 0 aromatic carbocycles. The molecule has 0 spiro atoms. The smallest absolute Gasteiger partial charge is 0.225 e. The predicted octanol–water partition coefficient (Wildman–Crippen LogP) is 1.99. The lowest BCUT2D eigenvalue weighted by molar-refractivity contribution is 0.112. The lowest BCUT2D eigenvalue weighted by Gasteiger charge is -2.15. The molecule has 0 aliphatic carbocycles. The van der Waals surface area contributed by atoms with Crippen LogP contribution in [0.3, 0.4) is 0 Å². The molecule has 2 heterocycles. The van der Waals surface area contributed by atoms with E-state index in [4.69, 9.17) is 0 Å². The van der Waals surface area contributed by atoms with Crippen molar-refractivity contribution in [3.63, 3.8) is 0 Å². The molecule has 82 valence electrons. The maximum absolute atomic E-state index is 10.5. The van der Waals surface area contributed by atoms with E-state index in [1.165, 1.54) is 18.0 Å². The number of aromatic nitrogens is 2. The fraction of sp³-hybridized carbons (Fsp3) is 0.182. The second-order valence-electron chi connectivity index (χ2n) is 3.42. The highest BCUT2D eigenvalue weighted by atomic mass is 32.1. The fourth-order valence-electron chi connectivity index (χ4n) is 1.32. The van der Waals surface area contributed by atoms with Gasteiger partial charge in [0.25, 0.3) is 0 Å². The second-order valence-corrected chi connectivity index (χ2v) is 4.20. The van der Waals surface area contributed by atoms with E-state index in [1.807, 2.05) is 17.3 Å². The van der Waals surface area contributed by atoms with Crippen molar-refractivity contribution in [3.8, 4) is 0 Å². The van der Waals surface area contributed by atoms with Gasteiger partial charge in [-0.3, -0.25) is 4.79 Å². The van der Waals surface area contributed by atoms with Crippen molar-refractivity contribution >= 4 is 23.6 Å². The highest BCUT2D eigenvalue weighted by molar-refractivity contribution is 7.07. The van der Waals surface area contributed by atoms with Gasteiger partial charge in [0.2, 0.25) is 5.95 Å². The van der Waals surface area contributed by atoms with Crippen molar-refractivity contribution < 1.29 is 4.79 Å². The van der Waals surface area contributed by atoms with Crippen LogP contribution in [0.25, 0.3) is 0 Å². The Bertz CT molecular complexity index is 453. The molecule has 0 unspecified atom stereocenters. The van der Waals surface area contributed by atoms with E-state index in [9.17, 15) is 4.79 Å². The van der Waals surface area contributed by atoms with Crippen molar-refractivity contribution in [1.29, 1.82) is 0 Å². The number of hydrogen-bond donors (Lipinski definition) is 0. The standard InChI is InChI=1S/C11H11N3OS/c1-14(6-9-2-3-16-8-9)11-12-4-10(7-15)5-13-11/h2-5,7-8H,6H2,1H3. The molecule has 0 saturated carbocycles. The first-order valence-electron chi connectivity index (χ1n) is 4.79. The monoisotopic (exact) mass is 233 g/mol. The summed E-state index contributed by atoms with van der Waals surface area (Å²) in [6, 6.07) is 2.07. The molecule has 0 fully saturated rings. The third kappa shape index (κ3) is 2.43. The SMILES string of the molecule is CN(Cc1ccsc1)c1ncc(C=O)cn1. The van der Waals surface area contributed by atoms with Crippen LogP contribution in [0.2, 0.25) is 0 Å². The molecule has 5 heteroatoms. The van der Waals surface area contributed by atoms with Crippen LogP contribution < -0.4 is 4.90 Å². The van der Waals surface area contributed by atoms with Gasteiger partial charge in [-0.15, -0.1) is 0 Å². The predicted molar refractivity (Wildman–Crippen MR) is 63.8 cm³/mol. The van der Waals surface area contributed by atoms with Gasteiger partial charge in [0.05, 0.1) is 5.56 Å². The summed E-state index contributed by atoms with van der Waals surface area (Å²) in [5, 5.41) is 4.13. The minimum Gasteiger partial charge on any atom is -0.340 e. The molecular formula is C11H11N3OS. The second kappa shape index (κ2) is 4.85. The summed E-state index contributed by atoms with van der Waals surface area (Å²) >= 11 is 1.67. The molecule has 4 nitrogen and oxygen atoms in total. The summed E-state index contributed by atoms with van der Waals surface area (Å²) in [6.07, 6.45) is 3.79. The van der Waals surface area contributed by atoms with Gasteiger partial charge in [-0.2, -0.15) is 11.3 Å². The highest BCUT2D eigenvalue weighted by Crippen LogP contribution is 2.12. The molecule has 0 saturated heterocycles. The highest BCUT2D eigenvalue weighted by Gasteiger charge is 2.05. The van der Waals surface area contributed by atoms with Gasteiger partial charge in [0, 0.05) is 26.0 Å². The van der Waals surface area contributed by atoms with E-state index < -0.39 is 0 Å². The first-order valence-corrected chi connectivity index (χ1v) is 5.73. The Morgan fingerprint density at radius 2 is 2.19 bits per heavy atom. The van der Waals surface area contributed by atoms with Gasteiger partial charge in [0.1, 0.15) is 0 Å². The van der Waals surface area contributed by atoms with E-state index in [-0.39, 0.29) is 0 Å². The minimum absolute atomic E-state index is 0.493. The first-order chi connectivity index (χ1) is 7.79. The van der Waals surface area contributed by atoms with Crippen LogP contribution in [-0.2, 0) is 6.54 Å². The van der Waals surface area contributed by atoms with Crippen molar-refractivity contribution in [2.45, 2.75) is 6.54 Å². The Morgan fingerprint density at radius 3 is 2.75 bits per heavy atom. The topological polar surface area (TPSA) is 46.1 Å². The largest absolute Gasteiger partial charge is 0.340 e. The molecule has 0 amide bonds. The molecule has 2 rings (SSSR count). The zero-order valence-electron chi connectivity index (χ0n) is 8.83. The van der Waals surface area contributed by atoms with Crippen molar-refractivity contribution in [3.05, 3.63) is 40.3 Å². The number of hydrogen-bond acceptors (Lipinski definition) is 5. The third-order valence-electron chi connectivity index (χ3n) is 2.14.